The second kappa shape index (κ2) is 6.78. The lowest BCUT2D eigenvalue weighted by molar-refractivity contribution is 0.272. The minimum Gasteiger partial charge on any atom is -0.396 e. The van der Waals surface area contributed by atoms with E-state index in [0.29, 0.717) is 12.0 Å². The van der Waals surface area contributed by atoms with Gasteiger partial charge in [0.1, 0.15) is 5.82 Å². The molecular weight excluding hydrogens is 255 g/mol. The lowest BCUT2D eigenvalue weighted by Gasteiger charge is -2.21. The number of halogens is 1. The monoisotopic (exact) mass is 270 g/mol. The maximum Gasteiger partial charge on any atom is 0.141 e. The molecule has 3 nitrogen and oxygen atoms in total. The van der Waals surface area contributed by atoms with Crippen molar-refractivity contribution in [3.63, 3.8) is 0 Å². The normalized spacial score (nSPS) is 13.4. The van der Waals surface area contributed by atoms with E-state index in [4.69, 9.17) is 0 Å². The standard InChI is InChI=1S/C16H15FN2O/c17-14-8-13(10-19-11-14)15(6-7-20)16(9-18)12-4-2-1-3-5-12/h1-5,8,10-11,15-16,20H,6-7H2/t15-,16+/m1/s1. The molecular formula is C16H15FN2O. The lowest BCUT2D eigenvalue weighted by Crippen LogP contribution is -2.12. The van der Waals surface area contributed by atoms with Crippen molar-refractivity contribution in [1.82, 2.24) is 4.98 Å². The number of aliphatic hydroxyl groups is 1. The van der Waals surface area contributed by atoms with Crippen molar-refractivity contribution < 1.29 is 9.50 Å². The Morgan fingerprint density at radius 2 is 1.95 bits per heavy atom. The highest BCUT2D eigenvalue weighted by atomic mass is 19.1. The zero-order valence-corrected chi connectivity index (χ0v) is 10.9. The third-order valence-electron chi connectivity index (χ3n) is 3.29. The summed E-state index contributed by atoms with van der Waals surface area (Å²) in [5.74, 6) is -1.15. The number of nitrogens with zero attached hydrogens (tertiary/aromatic N) is 2. The number of aliphatic hydroxyl groups excluding tert-OH is 1. The van der Waals surface area contributed by atoms with Crippen LogP contribution in [0.1, 0.15) is 29.4 Å². The van der Waals surface area contributed by atoms with Gasteiger partial charge in [-0.1, -0.05) is 30.3 Å². The van der Waals surface area contributed by atoms with E-state index >= 15 is 0 Å². The Kier molecular flexibility index (Phi) is 4.80. The molecule has 2 rings (SSSR count). The molecule has 0 aliphatic heterocycles. The highest BCUT2D eigenvalue weighted by Gasteiger charge is 2.25. The number of hydrogen-bond donors (Lipinski definition) is 1. The van der Waals surface area contributed by atoms with E-state index in [1.54, 1.807) is 6.20 Å². The van der Waals surface area contributed by atoms with Gasteiger partial charge in [-0.05, 0) is 23.6 Å². The van der Waals surface area contributed by atoms with E-state index in [9.17, 15) is 14.8 Å². The minimum absolute atomic E-state index is 0.0633. The molecule has 0 saturated heterocycles. The first-order valence-corrected chi connectivity index (χ1v) is 6.42. The summed E-state index contributed by atoms with van der Waals surface area (Å²) in [7, 11) is 0. The average molecular weight is 270 g/mol. The average Bonchev–Trinajstić information content (AvgIpc) is 2.48. The molecule has 102 valence electrons. The van der Waals surface area contributed by atoms with Crippen molar-refractivity contribution in [1.29, 1.82) is 5.26 Å². The molecule has 20 heavy (non-hydrogen) atoms. The Labute approximate surface area is 117 Å². The van der Waals surface area contributed by atoms with E-state index < -0.39 is 11.7 Å². The molecule has 0 fully saturated rings. The molecule has 1 aromatic carbocycles. The van der Waals surface area contributed by atoms with Crippen LogP contribution in [-0.4, -0.2) is 16.7 Å². The largest absolute Gasteiger partial charge is 0.396 e. The maximum absolute atomic E-state index is 13.3. The third-order valence-corrected chi connectivity index (χ3v) is 3.29. The second-order valence-electron chi connectivity index (χ2n) is 4.57. The van der Waals surface area contributed by atoms with Crippen LogP contribution in [0.15, 0.2) is 48.8 Å². The number of hydrogen-bond acceptors (Lipinski definition) is 3. The predicted octanol–water partition coefficient (Wildman–Crippen LogP) is 2.99. The molecule has 2 atom stereocenters. The predicted molar refractivity (Wildman–Crippen MR) is 73.4 cm³/mol. The maximum atomic E-state index is 13.3. The van der Waals surface area contributed by atoms with Crippen LogP contribution in [0.2, 0.25) is 0 Å². The molecule has 0 spiro atoms. The van der Waals surface area contributed by atoms with Gasteiger partial charge < -0.3 is 5.11 Å². The number of benzene rings is 1. The van der Waals surface area contributed by atoms with E-state index in [2.05, 4.69) is 11.1 Å². The highest BCUT2D eigenvalue weighted by molar-refractivity contribution is 5.32. The molecule has 0 unspecified atom stereocenters. The van der Waals surface area contributed by atoms with E-state index in [1.807, 2.05) is 30.3 Å². The fourth-order valence-corrected chi connectivity index (χ4v) is 2.35. The Morgan fingerprint density at radius 3 is 2.55 bits per heavy atom. The van der Waals surface area contributed by atoms with Crippen LogP contribution in [0.3, 0.4) is 0 Å². The number of nitriles is 1. The molecule has 4 heteroatoms. The Morgan fingerprint density at radius 1 is 1.20 bits per heavy atom. The van der Waals surface area contributed by atoms with Crippen molar-refractivity contribution in [2.45, 2.75) is 18.3 Å². The molecule has 0 aliphatic carbocycles. The summed E-state index contributed by atoms with van der Waals surface area (Å²) in [5.41, 5.74) is 1.49. The van der Waals surface area contributed by atoms with Crippen LogP contribution in [0.5, 0.6) is 0 Å². The topological polar surface area (TPSA) is 56.9 Å². The van der Waals surface area contributed by atoms with Crippen LogP contribution in [-0.2, 0) is 0 Å². The van der Waals surface area contributed by atoms with Gasteiger partial charge in [0.2, 0.25) is 0 Å². The number of rotatable bonds is 5. The summed E-state index contributed by atoms with van der Waals surface area (Å²) in [6.07, 6.45) is 3.07. The molecule has 0 radical (unpaired) electrons. The first-order valence-electron chi connectivity index (χ1n) is 6.42. The van der Waals surface area contributed by atoms with Crippen LogP contribution in [0.25, 0.3) is 0 Å². The van der Waals surface area contributed by atoms with Crippen LogP contribution >= 0.6 is 0 Å². The van der Waals surface area contributed by atoms with Crippen molar-refractivity contribution in [3.8, 4) is 6.07 Å². The van der Waals surface area contributed by atoms with Crippen molar-refractivity contribution in [2.24, 2.45) is 0 Å². The molecule has 0 aliphatic rings. The van der Waals surface area contributed by atoms with Gasteiger partial charge >= 0.3 is 0 Å². The van der Waals surface area contributed by atoms with Crippen LogP contribution < -0.4 is 0 Å². The first-order chi connectivity index (χ1) is 9.76. The smallest absolute Gasteiger partial charge is 0.141 e. The van der Waals surface area contributed by atoms with Gasteiger partial charge in [0.05, 0.1) is 18.2 Å². The Hall–Kier alpha value is -2.25. The van der Waals surface area contributed by atoms with Gasteiger partial charge in [0.15, 0.2) is 0 Å². The second-order valence-corrected chi connectivity index (χ2v) is 4.57. The van der Waals surface area contributed by atoms with Gasteiger partial charge in [-0.3, -0.25) is 4.98 Å². The van der Waals surface area contributed by atoms with Crippen molar-refractivity contribution >= 4 is 0 Å². The van der Waals surface area contributed by atoms with Gasteiger partial charge in [-0.15, -0.1) is 0 Å². The zero-order chi connectivity index (χ0) is 14.4. The summed E-state index contributed by atoms with van der Waals surface area (Å²) in [5, 5.41) is 18.7. The molecule has 1 aromatic heterocycles. The summed E-state index contributed by atoms with van der Waals surface area (Å²) in [6.45, 7) is -0.0633. The highest BCUT2D eigenvalue weighted by Crippen LogP contribution is 2.34. The van der Waals surface area contributed by atoms with Crippen LogP contribution in [0.4, 0.5) is 4.39 Å². The molecule has 0 amide bonds. The van der Waals surface area contributed by atoms with Crippen LogP contribution in [0, 0.1) is 17.1 Å². The number of aromatic nitrogens is 1. The van der Waals surface area contributed by atoms with Gasteiger partial charge in [-0.25, -0.2) is 4.39 Å². The quantitative estimate of drug-likeness (QED) is 0.908. The third kappa shape index (κ3) is 3.19. The summed E-state index contributed by atoms with van der Waals surface area (Å²) >= 11 is 0. The van der Waals surface area contributed by atoms with E-state index in [1.165, 1.54) is 6.07 Å². The minimum atomic E-state index is -0.438. The fraction of sp³-hybridized carbons (Fsp3) is 0.250. The summed E-state index contributed by atoms with van der Waals surface area (Å²) in [4.78, 5) is 3.83. The first kappa shape index (κ1) is 14.2. The van der Waals surface area contributed by atoms with Crippen molar-refractivity contribution in [3.05, 3.63) is 65.7 Å². The van der Waals surface area contributed by atoms with Gasteiger partial charge in [0, 0.05) is 18.7 Å². The molecule has 1 heterocycles. The van der Waals surface area contributed by atoms with Crippen molar-refractivity contribution in [2.75, 3.05) is 6.61 Å². The zero-order valence-electron chi connectivity index (χ0n) is 10.9. The molecule has 0 saturated carbocycles. The van der Waals surface area contributed by atoms with E-state index in [0.717, 1.165) is 11.8 Å². The van der Waals surface area contributed by atoms with E-state index in [-0.39, 0.29) is 12.5 Å². The molecule has 1 N–H and O–H groups in total. The SMILES string of the molecule is N#C[C@@H](c1ccccc1)[C@H](CCO)c1cncc(F)c1. The molecule has 0 bridgehead atoms. The van der Waals surface area contributed by atoms with Gasteiger partial charge in [-0.2, -0.15) is 5.26 Å². The fourth-order valence-electron chi connectivity index (χ4n) is 2.35. The Balaban J connectivity index is 2.39. The number of pyridine rings is 1. The van der Waals surface area contributed by atoms with Gasteiger partial charge in [0.25, 0.3) is 0 Å². The molecule has 2 aromatic rings. The summed E-state index contributed by atoms with van der Waals surface area (Å²) in [6, 6.07) is 13.0. The Bertz CT molecular complexity index is 595. The summed E-state index contributed by atoms with van der Waals surface area (Å²) < 4.78 is 13.3. The lowest BCUT2D eigenvalue weighted by atomic mass is 9.81.